The molecule has 0 amide bonds. The van der Waals surface area contributed by atoms with Gasteiger partial charge in [-0.1, -0.05) is 18.2 Å². The molecule has 1 aromatic rings. The van der Waals surface area contributed by atoms with Gasteiger partial charge in [0, 0.05) is 16.4 Å². The summed E-state index contributed by atoms with van der Waals surface area (Å²) in [5.41, 5.74) is 5.42. The number of thioether (sulfide) groups is 2. The Morgan fingerprint density at radius 1 is 1.00 bits per heavy atom. The Morgan fingerprint density at radius 2 is 1.79 bits per heavy atom. The third-order valence-corrected chi connectivity index (χ3v) is 4.07. The molecule has 0 unspecified atom stereocenters. The fourth-order valence-electron chi connectivity index (χ4n) is 1.02. The smallest absolute Gasteiger partial charge is 0.00722 e. The molecule has 3 heteroatoms. The number of hydrogen-bond donors (Lipinski definition) is 1. The molecule has 0 aliphatic rings. The van der Waals surface area contributed by atoms with Gasteiger partial charge < -0.3 is 5.73 Å². The third-order valence-electron chi connectivity index (χ3n) is 1.73. The van der Waals surface area contributed by atoms with Crippen LogP contribution in [0.3, 0.4) is 0 Å². The summed E-state index contributed by atoms with van der Waals surface area (Å²) in [6, 6.07) is 10.6. The first-order chi connectivity index (χ1) is 6.93. The molecule has 1 rings (SSSR count). The van der Waals surface area contributed by atoms with Crippen LogP contribution in [0.5, 0.6) is 0 Å². The molecule has 0 spiro atoms. The molecular formula is C11H17NS2. The van der Waals surface area contributed by atoms with E-state index in [1.54, 1.807) is 0 Å². The molecule has 78 valence electrons. The fraction of sp³-hybridized carbons (Fsp3) is 0.455. The SMILES string of the molecule is NCCCSCCSc1ccccc1. The van der Waals surface area contributed by atoms with Gasteiger partial charge in [-0.15, -0.1) is 11.8 Å². The molecule has 0 fully saturated rings. The summed E-state index contributed by atoms with van der Waals surface area (Å²) < 4.78 is 0. The van der Waals surface area contributed by atoms with E-state index in [0.717, 1.165) is 13.0 Å². The zero-order chi connectivity index (χ0) is 10.1. The summed E-state index contributed by atoms with van der Waals surface area (Å²) in [6.07, 6.45) is 1.14. The Balaban J connectivity index is 1.99. The van der Waals surface area contributed by atoms with E-state index in [9.17, 15) is 0 Å². The van der Waals surface area contributed by atoms with Crippen molar-refractivity contribution in [1.29, 1.82) is 0 Å². The van der Waals surface area contributed by atoms with Gasteiger partial charge in [0.15, 0.2) is 0 Å². The second-order valence-corrected chi connectivity index (χ2v) is 5.31. The first kappa shape index (κ1) is 12.0. The molecule has 0 bridgehead atoms. The van der Waals surface area contributed by atoms with Gasteiger partial charge in [0.05, 0.1) is 0 Å². The Morgan fingerprint density at radius 3 is 2.50 bits per heavy atom. The van der Waals surface area contributed by atoms with Crippen molar-refractivity contribution < 1.29 is 0 Å². The molecule has 0 aliphatic heterocycles. The highest BCUT2D eigenvalue weighted by atomic mass is 32.2. The van der Waals surface area contributed by atoms with Gasteiger partial charge in [-0.25, -0.2) is 0 Å². The zero-order valence-corrected chi connectivity index (χ0v) is 9.95. The summed E-state index contributed by atoms with van der Waals surface area (Å²) in [7, 11) is 0. The first-order valence-corrected chi connectivity index (χ1v) is 7.03. The van der Waals surface area contributed by atoms with Crippen molar-refractivity contribution in [2.75, 3.05) is 23.8 Å². The van der Waals surface area contributed by atoms with Crippen molar-refractivity contribution in [2.45, 2.75) is 11.3 Å². The molecule has 0 heterocycles. The van der Waals surface area contributed by atoms with E-state index in [4.69, 9.17) is 5.73 Å². The van der Waals surface area contributed by atoms with E-state index >= 15 is 0 Å². The largest absolute Gasteiger partial charge is 0.330 e. The molecule has 1 aromatic carbocycles. The van der Waals surface area contributed by atoms with Crippen LogP contribution in [-0.2, 0) is 0 Å². The lowest BCUT2D eigenvalue weighted by Crippen LogP contribution is -2.00. The molecular weight excluding hydrogens is 210 g/mol. The molecule has 0 saturated heterocycles. The summed E-state index contributed by atoms with van der Waals surface area (Å²) in [6.45, 7) is 0.818. The number of hydrogen-bond acceptors (Lipinski definition) is 3. The Bertz CT molecular complexity index is 226. The van der Waals surface area contributed by atoms with Crippen molar-refractivity contribution in [1.82, 2.24) is 0 Å². The minimum atomic E-state index is 0.818. The summed E-state index contributed by atoms with van der Waals surface area (Å²) in [4.78, 5) is 1.37. The average Bonchev–Trinajstić information content (AvgIpc) is 2.25. The second kappa shape index (κ2) is 8.21. The van der Waals surface area contributed by atoms with Crippen LogP contribution in [0.15, 0.2) is 35.2 Å². The Hall–Kier alpha value is -0.120. The van der Waals surface area contributed by atoms with Crippen molar-refractivity contribution in [3.05, 3.63) is 30.3 Å². The van der Waals surface area contributed by atoms with Crippen LogP contribution in [0, 0.1) is 0 Å². The molecule has 0 radical (unpaired) electrons. The van der Waals surface area contributed by atoms with Crippen LogP contribution in [0.1, 0.15) is 6.42 Å². The lowest BCUT2D eigenvalue weighted by molar-refractivity contribution is 0.943. The quantitative estimate of drug-likeness (QED) is 0.573. The standard InChI is InChI=1S/C11H17NS2/c12-7-4-8-13-9-10-14-11-5-2-1-3-6-11/h1-3,5-6H,4,7-10,12H2. The summed E-state index contributed by atoms with van der Waals surface area (Å²) in [5, 5.41) is 0. The number of benzene rings is 1. The van der Waals surface area contributed by atoms with Crippen LogP contribution in [0.4, 0.5) is 0 Å². The molecule has 1 nitrogen and oxygen atoms in total. The van der Waals surface area contributed by atoms with Crippen LogP contribution >= 0.6 is 23.5 Å². The van der Waals surface area contributed by atoms with E-state index in [1.807, 2.05) is 23.5 Å². The lowest BCUT2D eigenvalue weighted by Gasteiger charge is -2.01. The lowest BCUT2D eigenvalue weighted by atomic mass is 10.4. The maximum Gasteiger partial charge on any atom is 0.00722 e. The van der Waals surface area contributed by atoms with Crippen molar-refractivity contribution in [2.24, 2.45) is 5.73 Å². The third kappa shape index (κ3) is 5.58. The molecule has 2 N–H and O–H groups in total. The number of nitrogens with two attached hydrogens (primary N) is 1. The predicted molar refractivity (Wildman–Crippen MR) is 68.2 cm³/mol. The maximum absolute atomic E-state index is 5.42. The Kier molecular flexibility index (Phi) is 7.01. The monoisotopic (exact) mass is 227 g/mol. The van der Waals surface area contributed by atoms with Gasteiger partial charge in [-0.2, -0.15) is 11.8 Å². The van der Waals surface area contributed by atoms with Crippen molar-refractivity contribution in [3.8, 4) is 0 Å². The van der Waals surface area contributed by atoms with E-state index in [1.165, 1.54) is 22.2 Å². The van der Waals surface area contributed by atoms with E-state index in [-0.39, 0.29) is 0 Å². The maximum atomic E-state index is 5.42. The van der Waals surface area contributed by atoms with Crippen LogP contribution < -0.4 is 5.73 Å². The van der Waals surface area contributed by atoms with Gasteiger partial charge >= 0.3 is 0 Å². The minimum Gasteiger partial charge on any atom is -0.330 e. The Labute approximate surface area is 94.8 Å². The first-order valence-electron chi connectivity index (χ1n) is 4.89. The summed E-state index contributed by atoms with van der Waals surface area (Å²) >= 11 is 3.92. The van der Waals surface area contributed by atoms with Crippen molar-refractivity contribution >= 4 is 23.5 Å². The van der Waals surface area contributed by atoms with E-state index in [0.29, 0.717) is 0 Å². The molecule has 0 atom stereocenters. The molecule has 0 saturated carbocycles. The van der Waals surface area contributed by atoms with Crippen LogP contribution in [0.25, 0.3) is 0 Å². The topological polar surface area (TPSA) is 26.0 Å². The van der Waals surface area contributed by atoms with E-state index < -0.39 is 0 Å². The van der Waals surface area contributed by atoms with Gasteiger partial charge in [-0.3, -0.25) is 0 Å². The zero-order valence-electron chi connectivity index (χ0n) is 8.32. The molecule has 0 aromatic heterocycles. The predicted octanol–water partition coefficient (Wildman–Crippen LogP) is 2.86. The van der Waals surface area contributed by atoms with Gasteiger partial charge in [0.1, 0.15) is 0 Å². The molecule has 14 heavy (non-hydrogen) atoms. The highest BCUT2D eigenvalue weighted by Gasteiger charge is 1.92. The normalized spacial score (nSPS) is 10.4. The summed E-state index contributed by atoms with van der Waals surface area (Å²) in [5.74, 6) is 3.62. The highest BCUT2D eigenvalue weighted by Crippen LogP contribution is 2.18. The average molecular weight is 227 g/mol. The van der Waals surface area contributed by atoms with Gasteiger partial charge in [-0.05, 0) is 30.9 Å². The van der Waals surface area contributed by atoms with Crippen LogP contribution in [0.2, 0.25) is 0 Å². The van der Waals surface area contributed by atoms with Gasteiger partial charge in [0.25, 0.3) is 0 Å². The van der Waals surface area contributed by atoms with Gasteiger partial charge in [0.2, 0.25) is 0 Å². The fourth-order valence-corrected chi connectivity index (χ4v) is 2.99. The second-order valence-electron chi connectivity index (χ2n) is 2.92. The molecule has 0 aliphatic carbocycles. The minimum absolute atomic E-state index is 0.818. The highest BCUT2D eigenvalue weighted by molar-refractivity contribution is 8.02. The number of rotatable bonds is 7. The van der Waals surface area contributed by atoms with Crippen LogP contribution in [-0.4, -0.2) is 23.8 Å². The van der Waals surface area contributed by atoms with Crippen molar-refractivity contribution in [3.63, 3.8) is 0 Å². The van der Waals surface area contributed by atoms with E-state index in [2.05, 4.69) is 30.3 Å².